The lowest BCUT2D eigenvalue weighted by atomic mass is 10.0. The topological polar surface area (TPSA) is 20.2 Å². The van der Waals surface area contributed by atoms with Crippen LogP contribution in [0.25, 0.3) is 0 Å². The molecule has 0 amide bonds. The van der Waals surface area contributed by atoms with Crippen LogP contribution in [-0.4, -0.2) is 11.0 Å². The van der Waals surface area contributed by atoms with E-state index in [0.717, 1.165) is 6.07 Å². The first-order valence-electron chi connectivity index (χ1n) is 4.50. The highest BCUT2D eigenvalue weighted by Gasteiger charge is 2.39. The molecule has 0 spiro atoms. The summed E-state index contributed by atoms with van der Waals surface area (Å²) in [5.74, 6) is -5.55. The Morgan fingerprint density at radius 2 is 1.88 bits per heavy atom. The number of hydrogen-bond acceptors (Lipinski definition) is 1. The van der Waals surface area contributed by atoms with Crippen molar-refractivity contribution in [3.63, 3.8) is 0 Å². The molecule has 0 radical (unpaired) electrons. The largest absolute Gasteiger partial charge is 0.382 e. The summed E-state index contributed by atoms with van der Waals surface area (Å²) in [7, 11) is 0. The van der Waals surface area contributed by atoms with E-state index in [0.29, 0.717) is 6.07 Å². The van der Waals surface area contributed by atoms with Crippen LogP contribution >= 0.6 is 15.9 Å². The van der Waals surface area contributed by atoms with Crippen molar-refractivity contribution in [2.75, 3.05) is 0 Å². The van der Waals surface area contributed by atoms with Crippen LogP contribution in [0.3, 0.4) is 0 Å². The summed E-state index contributed by atoms with van der Waals surface area (Å²) >= 11 is 2.74. The second kappa shape index (κ2) is 4.71. The zero-order chi connectivity index (χ0) is 12.5. The molecule has 1 atom stereocenters. The van der Waals surface area contributed by atoms with E-state index in [1.54, 1.807) is 0 Å². The average molecular weight is 301 g/mol. The van der Waals surface area contributed by atoms with Gasteiger partial charge in [0.1, 0.15) is 17.7 Å². The molecule has 1 nitrogen and oxygen atoms in total. The highest BCUT2D eigenvalue weighted by Crippen LogP contribution is 2.36. The quantitative estimate of drug-likeness (QED) is 0.665. The predicted octanol–water partition coefficient (Wildman–Crippen LogP) is 3.81. The third kappa shape index (κ3) is 2.55. The number of alkyl halides is 2. The Kier molecular flexibility index (Phi) is 3.96. The highest BCUT2D eigenvalue weighted by molar-refractivity contribution is 9.10. The minimum atomic E-state index is -3.45. The summed E-state index contributed by atoms with van der Waals surface area (Å²) < 4.78 is 52.1. The van der Waals surface area contributed by atoms with Gasteiger partial charge in [0.05, 0.1) is 4.47 Å². The maximum atomic E-state index is 13.2. The Morgan fingerprint density at radius 1 is 1.31 bits per heavy atom. The highest BCUT2D eigenvalue weighted by atomic mass is 79.9. The third-order valence-electron chi connectivity index (χ3n) is 2.21. The molecule has 1 rings (SSSR count). The molecule has 0 saturated heterocycles. The van der Waals surface area contributed by atoms with E-state index in [9.17, 15) is 22.7 Å². The molecule has 0 bridgehead atoms. The second-order valence-electron chi connectivity index (χ2n) is 3.30. The predicted molar refractivity (Wildman–Crippen MR) is 54.3 cm³/mol. The van der Waals surface area contributed by atoms with E-state index >= 15 is 0 Å². The Balaban J connectivity index is 3.19. The molecule has 1 N–H and O–H groups in total. The molecule has 6 heteroatoms. The van der Waals surface area contributed by atoms with E-state index in [2.05, 4.69) is 15.9 Å². The maximum Gasteiger partial charge on any atom is 0.277 e. The van der Waals surface area contributed by atoms with Crippen molar-refractivity contribution < 1.29 is 22.7 Å². The van der Waals surface area contributed by atoms with Crippen LogP contribution in [0.5, 0.6) is 0 Å². The van der Waals surface area contributed by atoms with Gasteiger partial charge in [0.15, 0.2) is 0 Å². The molecular formula is C10H9BrF4O. The van der Waals surface area contributed by atoms with Crippen molar-refractivity contribution in [3.8, 4) is 0 Å². The normalized spacial score (nSPS) is 13.9. The molecule has 1 aromatic rings. The summed E-state index contributed by atoms with van der Waals surface area (Å²) in [5, 5.41) is 9.31. The van der Waals surface area contributed by atoms with Gasteiger partial charge in [-0.2, -0.15) is 0 Å². The number of hydrogen-bond donors (Lipinski definition) is 1. The second-order valence-corrected chi connectivity index (χ2v) is 4.16. The van der Waals surface area contributed by atoms with Gasteiger partial charge in [0.2, 0.25) is 0 Å². The SMILES string of the molecule is CCC(F)(F)C(O)c1cc(Br)c(F)cc1F. The molecule has 0 aliphatic heterocycles. The Bertz CT molecular complexity index is 395. The standard InChI is InChI=1S/C10H9BrF4O/c1-2-10(14,15)9(16)5-3-6(11)8(13)4-7(5)12/h3-4,9,16H,2H2,1H3. The van der Waals surface area contributed by atoms with Gasteiger partial charge in [-0.25, -0.2) is 17.6 Å². The van der Waals surface area contributed by atoms with Crippen molar-refractivity contribution in [1.82, 2.24) is 0 Å². The minimum Gasteiger partial charge on any atom is -0.382 e. The van der Waals surface area contributed by atoms with Crippen molar-refractivity contribution in [1.29, 1.82) is 0 Å². The first-order chi connectivity index (χ1) is 7.29. The van der Waals surface area contributed by atoms with Crippen molar-refractivity contribution >= 4 is 15.9 Å². The molecule has 0 aliphatic carbocycles. The van der Waals surface area contributed by atoms with Crippen LogP contribution < -0.4 is 0 Å². The maximum absolute atomic E-state index is 13.2. The summed E-state index contributed by atoms with van der Waals surface area (Å²) in [6.45, 7) is 1.17. The lowest BCUT2D eigenvalue weighted by Gasteiger charge is -2.21. The molecule has 0 aromatic heterocycles. The van der Waals surface area contributed by atoms with E-state index in [-0.39, 0.29) is 4.47 Å². The van der Waals surface area contributed by atoms with E-state index in [4.69, 9.17) is 0 Å². The van der Waals surface area contributed by atoms with E-state index < -0.39 is 35.6 Å². The lowest BCUT2D eigenvalue weighted by molar-refractivity contribution is -0.114. The molecule has 90 valence electrons. The number of halogens is 5. The number of benzene rings is 1. The van der Waals surface area contributed by atoms with Gasteiger partial charge in [-0.15, -0.1) is 0 Å². The van der Waals surface area contributed by atoms with Gasteiger partial charge >= 0.3 is 0 Å². The van der Waals surface area contributed by atoms with Gasteiger partial charge in [0, 0.05) is 18.1 Å². The fourth-order valence-electron chi connectivity index (χ4n) is 1.17. The molecule has 0 saturated carbocycles. The van der Waals surface area contributed by atoms with Crippen LogP contribution in [0.4, 0.5) is 17.6 Å². The van der Waals surface area contributed by atoms with Crippen molar-refractivity contribution in [3.05, 3.63) is 33.8 Å². The number of aliphatic hydroxyl groups excluding tert-OH is 1. The summed E-state index contributed by atoms with van der Waals surface area (Å²) in [4.78, 5) is 0. The van der Waals surface area contributed by atoms with Gasteiger partial charge in [-0.05, 0) is 22.0 Å². The van der Waals surface area contributed by atoms with Crippen LogP contribution in [0.2, 0.25) is 0 Å². The summed E-state index contributed by atoms with van der Waals surface area (Å²) in [5.41, 5.74) is -0.625. The molecule has 0 fully saturated rings. The fourth-order valence-corrected chi connectivity index (χ4v) is 1.53. The third-order valence-corrected chi connectivity index (χ3v) is 2.81. The zero-order valence-corrected chi connectivity index (χ0v) is 9.86. The van der Waals surface area contributed by atoms with Crippen LogP contribution in [0.15, 0.2) is 16.6 Å². The summed E-state index contributed by atoms with van der Waals surface area (Å²) in [6.07, 6.45) is -2.92. The average Bonchev–Trinajstić information content (AvgIpc) is 2.22. The molecule has 1 unspecified atom stereocenters. The lowest BCUT2D eigenvalue weighted by Crippen LogP contribution is -2.26. The van der Waals surface area contributed by atoms with Crippen LogP contribution in [0, 0.1) is 11.6 Å². The van der Waals surface area contributed by atoms with Crippen molar-refractivity contribution in [2.45, 2.75) is 25.4 Å². The molecular weight excluding hydrogens is 292 g/mol. The van der Waals surface area contributed by atoms with Gasteiger partial charge in [-0.1, -0.05) is 6.92 Å². The first kappa shape index (κ1) is 13.4. The van der Waals surface area contributed by atoms with Crippen LogP contribution in [-0.2, 0) is 0 Å². The Labute approximate surface area is 98.2 Å². The number of aliphatic hydroxyl groups is 1. The first-order valence-corrected chi connectivity index (χ1v) is 5.29. The van der Waals surface area contributed by atoms with Gasteiger partial charge in [-0.3, -0.25) is 0 Å². The molecule has 0 aliphatic rings. The monoisotopic (exact) mass is 300 g/mol. The summed E-state index contributed by atoms with van der Waals surface area (Å²) in [6, 6.07) is 1.27. The molecule has 1 aromatic carbocycles. The number of rotatable bonds is 3. The zero-order valence-electron chi connectivity index (χ0n) is 8.28. The van der Waals surface area contributed by atoms with E-state index in [1.807, 2.05) is 0 Å². The minimum absolute atomic E-state index is 0.171. The fraction of sp³-hybridized carbons (Fsp3) is 0.400. The molecule has 0 heterocycles. The van der Waals surface area contributed by atoms with Crippen molar-refractivity contribution in [2.24, 2.45) is 0 Å². The van der Waals surface area contributed by atoms with Gasteiger partial charge < -0.3 is 5.11 Å². The smallest absolute Gasteiger partial charge is 0.277 e. The Hall–Kier alpha value is -0.620. The van der Waals surface area contributed by atoms with Crippen LogP contribution in [0.1, 0.15) is 25.0 Å². The molecule has 16 heavy (non-hydrogen) atoms. The Morgan fingerprint density at radius 3 is 2.38 bits per heavy atom. The van der Waals surface area contributed by atoms with Gasteiger partial charge in [0.25, 0.3) is 5.92 Å². The van der Waals surface area contributed by atoms with E-state index in [1.165, 1.54) is 6.92 Å².